The predicted octanol–water partition coefficient (Wildman–Crippen LogP) is 3.47. The van der Waals surface area contributed by atoms with Gasteiger partial charge in [0.05, 0.1) is 35.1 Å². The first-order valence-corrected chi connectivity index (χ1v) is 8.78. The van der Waals surface area contributed by atoms with Gasteiger partial charge < -0.3 is 5.32 Å². The third kappa shape index (κ3) is 3.59. The Labute approximate surface area is 149 Å². The average Bonchev–Trinajstić information content (AvgIpc) is 3.27. The lowest BCUT2D eigenvalue weighted by molar-refractivity contribution is 0.0951. The standard InChI is InChI=1S/C19H16N4OS/c24-19(20-11-18-22-16-8-4-5-9-17(16)25-18)15-10-21-23(13-15)12-14-6-2-1-3-7-14/h1-10,13H,11-12H2,(H,20,24). The van der Waals surface area contributed by atoms with Crippen molar-refractivity contribution in [3.63, 3.8) is 0 Å². The fourth-order valence-corrected chi connectivity index (χ4v) is 3.50. The van der Waals surface area contributed by atoms with Crippen LogP contribution in [0.5, 0.6) is 0 Å². The molecule has 1 N–H and O–H groups in total. The summed E-state index contributed by atoms with van der Waals surface area (Å²) in [6.45, 7) is 1.06. The van der Waals surface area contributed by atoms with Gasteiger partial charge in [-0.1, -0.05) is 42.5 Å². The minimum atomic E-state index is -0.140. The number of aromatic nitrogens is 3. The van der Waals surface area contributed by atoms with Crippen molar-refractivity contribution in [3.05, 3.63) is 83.1 Å². The van der Waals surface area contributed by atoms with Crippen LogP contribution < -0.4 is 5.32 Å². The lowest BCUT2D eigenvalue weighted by Crippen LogP contribution is -2.22. The number of para-hydroxylation sites is 1. The fraction of sp³-hybridized carbons (Fsp3) is 0.105. The van der Waals surface area contributed by atoms with Gasteiger partial charge in [-0.25, -0.2) is 4.98 Å². The highest BCUT2D eigenvalue weighted by Gasteiger charge is 2.10. The van der Waals surface area contributed by atoms with Crippen molar-refractivity contribution in [3.8, 4) is 0 Å². The van der Waals surface area contributed by atoms with E-state index in [1.807, 2.05) is 54.6 Å². The van der Waals surface area contributed by atoms with Crippen molar-refractivity contribution in [1.29, 1.82) is 0 Å². The highest BCUT2D eigenvalue weighted by atomic mass is 32.1. The van der Waals surface area contributed by atoms with Crippen LogP contribution in [0.1, 0.15) is 20.9 Å². The molecule has 0 aliphatic heterocycles. The third-order valence-electron chi connectivity index (χ3n) is 3.82. The molecule has 2 heterocycles. The van der Waals surface area contributed by atoms with Crippen molar-refractivity contribution < 1.29 is 4.79 Å². The third-order valence-corrected chi connectivity index (χ3v) is 4.86. The summed E-state index contributed by atoms with van der Waals surface area (Å²) >= 11 is 1.59. The van der Waals surface area contributed by atoms with Gasteiger partial charge in [-0.15, -0.1) is 11.3 Å². The second-order valence-electron chi connectivity index (χ2n) is 5.67. The van der Waals surface area contributed by atoms with Crippen LogP contribution in [0.25, 0.3) is 10.2 Å². The number of carbonyl (C=O) groups is 1. The Bertz CT molecular complexity index is 973. The van der Waals surface area contributed by atoms with E-state index >= 15 is 0 Å². The van der Waals surface area contributed by atoms with Gasteiger partial charge in [0.25, 0.3) is 5.91 Å². The van der Waals surface area contributed by atoms with Crippen LogP contribution in [0.4, 0.5) is 0 Å². The number of hydrogen-bond acceptors (Lipinski definition) is 4. The summed E-state index contributed by atoms with van der Waals surface area (Å²) in [4.78, 5) is 16.8. The molecule has 2 aromatic heterocycles. The predicted molar refractivity (Wildman–Crippen MR) is 98.6 cm³/mol. The molecule has 5 nitrogen and oxygen atoms in total. The van der Waals surface area contributed by atoms with Crippen molar-refractivity contribution >= 4 is 27.5 Å². The number of carbonyl (C=O) groups excluding carboxylic acids is 1. The van der Waals surface area contributed by atoms with Gasteiger partial charge in [-0.2, -0.15) is 5.10 Å². The zero-order chi connectivity index (χ0) is 17.1. The molecule has 0 spiro atoms. The topological polar surface area (TPSA) is 59.8 Å². The molecule has 4 aromatic rings. The SMILES string of the molecule is O=C(NCc1nc2ccccc2s1)c1cnn(Cc2ccccc2)c1. The summed E-state index contributed by atoms with van der Waals surface area (Å²) in [7, 11) is 0. The van der Waals surface area contributed by atoms with E-state index in [0.29, 0.717) is 18.7 Å². The Morgan fingerprint density at radius 3 is 2.72 bits per heavy atom. The number of hydrogen-bond donors (Lipinski definition) is 1. The number of amides is 1. The highest BCUT2D eigenvalue weighted by Crippen LogP contribution is 2.21. The molecule has 0 radical (unpaired) electrons. The van der Waals surface area contributed by atoms with E-state index in [1.165, 1.54) is 0 Å². The van der Waals surface area contributed by atoms with E-state index in [1.54, 1.807) is 28.4 Å². The van der Waals surface area contributed by atoms with E-state index in [9.17, 15) is 4.79 Å². The normalized spacial score (nSPS) is 10.9. The molecule has 2 aromatic carbocycles. The van der Waals surface area contributed by atoms with Crippen LogP contribution in [0.2, 0.25) is 0 Å². The van der Waals surface area contributed by atoms with Crippen molar-refractivity contribution in [2.75, 3.05) is 0 Å². The van der Waals surface area contributed by atoms with Gasteiger partial charge in [0, 0.05) is 6.20 Å². The first-order valence-electron chi connectivity index (χ1n) is 7.97. The van der Waals surface area contributed by atoms with E-state index in [0.717, 1.165) is 20.8 Å². The lowest BCUT2D eigenvalue weighted by atomic mass is 10.2. The highest BCUT2D eigenvalue weighted by molar-refractivity contribution is 7.18. The van der Waals surface area contributed by atoms with Crippen LogP contribution in [0, 0.1) is 0 Å². The molecule has 0 bridgehead atoms. The molecule has 0 saturated carbocycles. The average molecular weight is 348 g/mol. The molecular weight excluding hydrogens is 332 g/mol. The second kappa shape index (κ2) is 6.86. The number of benzene rings is 2. The Kier molecular flexibility index (Phi) is 4.26. The molecule has 124 valence electrons. The van der Waals surface area contributed by atoms with E-state index in [-0.39, 0.29) is 5.91 Å². The van der Waals surface area contributed by atoms with Crippen molar-refractivity contribution in [1.82, 2.24) is 20.1 Å². The van der Waals surface area contributed by atoms with Crippen molar-refractivity contribution in [2.45, 2.75) is 13.1 Å². The van der Waals surface area contributed by atoms with Gasteiger partial charge in [0.15, 0.2) is 0 Å². The summed E-state index contributed by atoms with van der Waals surface area (Å²) in [6, 6.07) is 18.0. The molecule has 0 fully saturated rings. The fourth-order valence-electron chi connectivity index (χ4n) is 2.59. The van der Waals surface area contributed by atoms with E-state index < -0.39 is 0 Å². The molecule has 4 rings (SSSR count). The Morgan fingerprint density at radius 2 is 1.88 bits per heavy atom. The van der Waals surface area contributed by atoms with Gasteiger partial charge in [-0.05, 0) is 17.7 Å². The zero-order valence-corrected chi connectivity index (χ0v) is 14.2. The summed E-state index contributed by atoms with van der Waals surface area (Å²) in [5, 5.41) is 8.07. The molecule has 0 unspecified atom stereocenters. The molecule has 1 amide bonds. The van der Waals surface area contributed by atoms with Crippen LogP contribution in [-0.4, -0.2) is 20.7 Å². The van der Waals surface area contributed by atoms with Crippen LogP contribution in [0.3, 0.4) is 0 Å². The summed E-state index contributed by atoms with van der Waals surface area (Å²) in [6.07, 6.45) is 3.36. The second-order valence-corrected chi connectivity index (χ2v) is 6.79. The van der Waals surface area contributed by atoms with Crippen LogP contribution >= 0.6 is 11.3 Å². The molecule has 0 aliphatic carbocycles. The molecular formula is C19H16N4OS. The number of fused-ring (bicyclic) bond motifs is 1. The largest absolute Gasteiger partial charge is 0.345 e. The summed E-state index contributed by atoms with van der Waals surface area (Å²) in [5.41, 5.74) is 2.66. The first kappa shape index (κ1) is 15.5. The molecule has 25 heavy (non-hydrogen) atoms. The minimum absolute atomic E-state index is 0.140. The number of thiazole rings is 1. The summed E-state index contributed by atoms with van der Waals surface area (Å²) in [5.74, 6) is -0.140. The maximum absolute atomic E-state index is 12.3. The van der Waals surface area contributed by atoms with Gasteiger partial charge in [0.2, 0.25) is 0 Å². The first-order chi connectivity index (χ1) is 12.3. The molecule has 0 atom stereocenters. The van der Waals surface area contributed by atoms with Gasteiger partial charge >= 0.3 is 0 Å². The molecule has 0 aliphatic rings. The molecule has 6 heteroatoms. The van der Waals surface area contributed by atoms with Crippen LogP contribution in [0.15, 0.2) is 67.0 Å². The Balaban J connectivity index is 1.39. The zero-order valence-electron chi connectivity index (χ0n) is 13.4. The smallest absolute Gasteiger partial charge is 0.254 e. The maximum Gasteiger partial charge on any atom is 0.254 e. The van der Waals surface area contributed by atoms with E-state index in [2.05, 4.69) is 15.4 Å². The van der Waals surface area contributed by atoms with Crippen molar-refractivity contribution in [2.24, 2.45) is 0 Å². The Morgan fingerprint density at radius 1 is 1.08 bits per heavy atom. The number of nitrogens with zero attached hydrogens (tertiary/aromatic N) is 3. The summed E-state index contributed by atoms with van der Waals surface area (Å²) < 4.78 is 2.89. The van der Waals surface area contributed by atoms with E-state index in [4.69, 9.17) is 0 Å². The number of rotatable bonds is 5. The lowest BCUT2D eigenvalue weighted by Gasteiger charge is -2.01. The minimum Gasteiger partial charge on any atom is -0.345 e. The monoisotopic (exact) mass is 348 g/mol. The molecule has 0 saturated heterocycles. The quantitative estimate of drug-likeness (QED) is 0.601. The van der Waals surface area contributed by atoms with Gasteiger partial charge in [0.1, 0.15) is 5.01 Å². The van der Waals surface area contributed by atoms with Gasteiger partial charge in [-0.3, -0.25) is 9.48 Å². The maximum atomic E-state index is 12.3. The van der Waals surface area contributed by atoms with Crippen LogP contribution in [-0.2, 0) is 13.1 Å². The Hall–Kier alpha value is -2.99. The number of nitrogens with one attached hydrogen (secondary N) is 1.